The number of carbonyl (C=O) groups is 13. The van der Waals surface area contributed by atoms with E-state index in [0.717, 1.165) is 0 Å². The van der Waals surface area contributed by atoms with Crippen molar-refractivity contribution in [3.05, 3.63) is 65.7 Å². The van der Waals surface area contributed by atoms with Gasteiger partial charge in [0, 0.05) is 12.8 Å². The Hall–Kier alpha value is -8.89. The molecule has 0 bridgehead atoms. The first-order valence-electron chi connectivity index (χ1n) is 38.3. The van der Waals surface area contributed by atoms with Crippen LogP contribution in [0.3, 0.4) is 0 Å². The Bertz CT molecular complexity index is 3200. The number of aliphatic hydroxyl groups excluding tert-OH is 1. The van der Waals surface area contributed by atoms with Gasteiger partial charge in [-0.2, -0.15) is 0 Å². The molecule has 2 rings (SSSR count). The average Bonchev–Trinajstić information content (AvgIpc) is 0.853. The number of carboxylic acids is 1. The van der Waals surface area contributed by atoms with Crippen molar-refractivity contribution in [2.75, 3.05) is 26.2 Å². The summed E-state index contributed by atoms with van der Waals surface area (Å²) < 4.78 is 0. The Balaban J connectivity index is 2.39. The van der Waals surface area contributed by atoms with Crippen molar-refractivity contribution in [3.8, 4) is 5.75 Å². The molecule has 0 aliphatic rings. The number of phenolic OH excluding ortho intramolecular Hbond substituents is 1. The number of aliphatic carboxylic acids is 1. The van der Waals surface area contributed by atoms with Crippen LogP contribution in [0.2, 0.25) is 0 Å². The first kappa shape index (κ1) is 96.2. The quantitative estimate of drug-likeness (QED) is 0.0367. The molecule has 14 atom stereocenters. The van der Waals surface area contributed by atoms with Gasteiger partial charge in [0.05, 0.1) is 12.1 Å². The number of hydrogen-bond acceptors (Lipinski definition) is 20. The molecule has 25 N–H and O–H groups in total. The van der Waals surface area contributed by atoms with Gasteiger partial charge in [-0.3, -0.25) is 57.5 Å². The number of nitrogens with two attached hydrogens (primary N) is 5. The van der Waals surface area contributed by atoms with Crippen LogP contribution in [0, 0.1) is 29.6 Å². The van der Waals surface area contributed by atoms with Gasteiger partial charge in [0.1, 0.15) is 78.3 Å². The van der Waals surface area contributed by atoms with Crippen molar-refractivity contribution in [2.24, 2.45) is 58.3 Å². The highest BCUT2D eigenvalue weighted by Crippen LogP contribution is 2.18. The molecule has 0 spiro atoms. The van der Waals surface area contributed by atoms with E-state index in [0.29, 0.717) is 82.0 Å². The van der Waals surface area contributed by atoms with Gasteiger partial charge in [0.2, 0.25) is 70.9 Å². The lowest BCUT2D eigenvalue weighted by atomic mass is 9.97. The number of aromatic hydroxyl groups is 1. The van der Waals surface area contributed by atoms with Crippen LogP contribution in [-0.4, -0.2) is 203 Å². The van der Waals surface area contributed by atoms with Gasteiger partial charge >= 0.3 is 5.97 Å². The van der Waals surface area contributed by atoms with E-state index in [-0.39, 0.29) is 75.6 Å². The van der Waals surface area contributed by atoms with Crippen molar-refractivity contribution < 1.29 is 77.6 Å². The fourth-order valence-corrected chi connectivity index (χ4v) is 11.8. The zero-order valence-corrected chi connectivity index (χ0v) is 65.8. The molecule has 0 heterocycles. The van der Waals surface area contributed by atoms with Crippen LogP contribution in [-0.2, 0) is 75.2 Å². The normalized spacial score (nSPS) is 15.3. The van der Waals surface area contributed by atoms with Crippen LogP contribution in [0.25, 0.3) is 0 Å². The lowest BCUT2D eigenvalue weighted by Crippen LogP contribution is -2.62. The highest BCUT2D eigenvalue weighted by atomic mass is 16.4. The summed E-state index contributed by atoms with van der Waals surface area (Å²) in [6.07, 6.45) is 2.83. The summed E-state index contributed by atoms with van der Waals surface area (Å²) in [4.78, 5) is 182. The van der Waals surface area contributed by atoms with Crippen LogP contribution >= 0.6 is 0 Å². The molecule has 2 aromatic carbocycles. The number of unbranched alkanes of at least 4 members (excludes halogenated alkanes) is 4. The van der Waals surface area contributed by atoms with Gasteiger partial charge in [0.25, 0.3) is 0 Å². The predicted octanol–water partition coefficient (Wildman–Crippen LogP) is -0.616. The summed E-state index contributed by atoms with van der Waals surface area (Å²) in [5.74, 6) is -13.4. The number of hydrogen-bond donors (Lipinski definition) is 20. The minimum Gasteiger partial charge on any atom is -0.508 e. The molecule has 109 heavy (non-hydrogen) atoms. The van der Waals surface area contributed by atoms with Crippen molar-refractivity contribution in [1.29, 1.82) is 0 Å². The smallest absolute Gasteiger partial charge is 0.326 e. The molecule has 0 unspecified atom stereocenters. The molecule has 12 amide bonds. The van der Waals surface area contributed by atoms with Crippen LogP contribution in [0.1, 0.15) is 184 Å². The maximum absolute atomic E-state index is 14.5. The molecule has 33 nitrogen and oxygen atoms in total. The summed E-state index contributed by atoms with van der Waals surface area (Å²) in [6.45, 7) is 20.7. The summed E-state index contributed by atoms with van der Waals surface area (Å²) in [5.41, 5.74) is 30.2. The maximum atomic E-state index is 14.5. The van der Waals surface area contributed by atoms with Gasteiger partial charge in [-0.05, 0) is 176 Å². The van der Waals surface area contributed by atoms with E-state index in [2.05, 4.69) is 63.8 Å². The van der Waals surface area contributed by atoms with E-state index < -0.39 is 179 Å². The van der Waals surface area contributed by atoms with Crippen LogP contribution in [0.15, 0.2) is 54.6 Å². The van der Waals surface area contributed by atoms with Crippen LogP contribution in [0.5, 0.6) is 5.75 Å². The van der Waals surface area contributed by atoms with E-state index in [1.807, 2.05) is 0 Å². The number of phenols is 1. The number of amides is 12. The molecule has 0 saturated heterocycles. The first-order valence-corrected chi connectivity index (χ1v) is 38.3. The molecule has 2 aromatic rings. The Morgan fingerprint density at radius 2 is 0.633 bits per heavy atom. The van der Waals surface area contributed by atoms with Gasteiger partial charge in [0.15, 0.2) is 0 Å². The van der Waals surface area contributed by atoms with Crippen molar-refractivity contribution in [1.82, 2.24) is 63.8 Å². The Morgan fingerprint density at radius 1 is 0.330 bits per heavy atom. The molecule has 0 fully saturated rings. The summed E-state index contributed by atoms with van der Waals surface area (Å²) in [6, 6.07) is -2.89. The van der Waals surface area contributed by atoms with Gasteiger partial charge in [-0.25, -0.2) is 4.79 Å². The number of rotatable bonds is 53. The SMILES string of the molecule is CC(C)C[C@H](NC(=O)[C@@H](NC(=O)[C@H](Cc1ccc(O)cc1)NC(=O)[C@@H](NC(=O)[C@H](C)NC(=O)[C@H](CC(C)C)NC(=O)[C@@H](NC(=O)[C@@H](NC(=O)[C@H](CCCCN)NC(=O)[C@H](CCCCN)NC(=O)[C@H](CCCCN)NC(=O)[C@@H](N)CCCCN)C(C)C)C(C)C)[C@@H](C)O)C(C)C)C(=O)N[C@@H](Cc1ccccc1)C(=O)O. The van der Waals surface area contributed by atoms with Gasteiger partial charge in [-0.1, -0.05) is 118 Å². The molecule has 0 aliphatic heterocycles. The van der Waals surface area contributed by atoms with Crippen molar-refractivity contribution in [2.45, 2.75) is 270 Å². The topological polar surface area (TPSA) is 557 Å². The highest BCUT2D eigenvalue weighted by Gasteiger charge is 2.39. The zero-order chi connectivity index (χ0) is 82.2. The third-order valence-corrected chi connectivity index (χ3v) is 18.2. The third-order valence-electron chi connectivity index (χ3n) is 18.2. The number of benzene rings is 2. The van der Waals surface area contributed by atoms with E-state index in [1.54, 1.807) is 99.6 Å². The zero-order valence-electron chi connectivity index (χ0n) is 65.8. The van der Waals surface area contributed by atoms with E-state index in [9.17, 15) is 77.6 Å². The molecule has 0 aliphatic carbocycles. The number of aliphatic hydroxyl groups is 1. The molecule has 0 radical (unpaired) electrons. The average molecular weight is 1540 g/mol. The molecule has 33 heteroatoms. The summed E-state index contributed by atoms with van der Waals surface area (Å²) >= 11 is 0. The Morgan fingerprint density at radius 3 is 1.03 bits per heavy atom. The van der Waals surface area contributed by atoms with Gasteiger partial charge < -0.3 is 108 Å². The van der Waals surface area contributed by atoms with Crippen LogP contribution in [0.4, 0.5) is 0 Å². The molecule has 0 saturated carbocycles. The molecule has 0 aromatic heterocycles. The number of nitrogens with one attached hydrogen (secondary N) is 12. The Labute approximate surface area is 642 Å². The first-order chi connectivity index (χ1) is 51.4. The third kappa shape index (κ3) is 36.0. The molecule has 614 valence electrons. The van der Waals surface area contributed by atoms with E-state index in [4.69, 9.17) is 28.7 Å². The number of carbonyl (C=O) groups excluding carboxylic acids is 12. The van der Waals surface area contributed by atoms with Crippen LogP contribution < -0.4 is 92.5 Å². The largest absolute Gasteiger partial charge is 0.508 e. The van der Waals surface area contributed by atoms with E-state index >= 15 is 0 Å². The second kappa shape index (κ2) is 50.7. The lowest BCUT2D eigenvalue weighted by molar-refractivity contribution is -0.142. The maximum Gasteiger partial charge on any atom is 0.326 e. The fraction of sp³-hybridized carbons (Fsp3) is 0.671. The predicted molar refractivity (Wildman–Crippen MR) is 413 cm³/mol. The molecular formula is C76H129N17O16. The number of carboxylic acid groups (broad SMARTS) is 1. The van der Waals surface area contributed by atoms with Crippen molar-refractivity contribution >= 4 is 76.9 Å². The summed E-state index contributed by atoms with van der Waals surface area (Å²) in [7, 11) is 0. The van der Waals surface area contributed by atoms with Gasteiger partial charge in [-0.15, -0.1) is 0 Å². The highest BCUT2D eigenvalue weighted by molar-refractivity contribution is 6.00. The summed E-state index contributed by atoms with van der Waals surface area (Å²) in [5, 5.41) is 63.1. The standard InChI is InChI=1S/C76H129N17O16/c1-42(2)38-56(86-73(105)61(45(7)8)92-74(106)62(46(9)10)90-68(100)55(29-19-23-37-80)85-67(99)54(28-18-22-36-79)84-66(98)53(27-17-21-35-78)83-65(97)52(81)26-16-20-34-77)69(101)82-47(11)64(96)93-63(48(12)94)75(107)88-58(40-50-30-32-51(95)33-31-50)71(103)91-60(44(5)6)72(104)87-57(39-43(3)4)70(102)89-59(76(108)109)41-49-24-14-13-15-25-49/h13-15,24-25,30-33,42-48,52-63,94-95H,16-23,26-29,34-41,77-81H2,1-12H3,(H,82,101)(H,83,97)(H,84,98)(H,85,99)(H,86,105)(H,87,104)(H,88,107)(H,89,102)(H,90,100)(H,91,103)(H,92,106)(H,93,96)(H,108,109)/t47-,48+,52-,53-,54-,55-,56-,57-,58-,59-,60-,61-,62-,63-/m0/s1. The lowest BCUT2D eigenvalue weighted by Gasteiger charge is -2.30. The monoisotopic (exact) mass is 1540 g/mol. The second-order valence-corrected chi connectivity index (χ2v) is 30.0. The second-order valence-electron chi connectivity index (χ2n) is 30.0. The Kier molecular flexibility index (Phi) is 44.8. The minimum absolute atomic E-state index is 0.0135. The fourth-order valence-electron chi connectivity index (χ4n) is 11.8. The van der Waals surface area contributed by atoms with E-state index in [1.165, 1.54) is 38.1 Å². The molecular weight excluding hydrogens is 1410 g/mol. The minimum atomic E-state index is -1.79. The van der Waals surface area contributed by atoms with Crippen molar-refractivity contribution in [3.63, 3.8) is 0 Å².